The topological polar surface area (TPSA) is 17.3 Å². The number of hydrogen-bond donors (Lipinski definition) is 0. The number of benzene rings is 2. The zero-order chi connectivity index (χ0) is 12.3. The Labute approximate surface area is 105 Å². The van der Waals surface area contributed by atoms with E-state index in [1.54, 1.807) is 0 Å². The number of rotatable bonds is 1. The minimum absolute atomic E-state index is 0.960. The molecule has 4 aromatic rings. The molecule has 2 aromatic carbocycles. The molecule has 0 aliphatic rings. The summed E-state index contributed by atoms with van der Waals surface area (Å²) in [7, 11) is 0. The molecule has 0 unspecified atom stereocenters. The van der Waals surface area contributed by atoms with Gasteiger partial charge in [0.1, 0.15) is 5.82 Å². The quantitative estimate of drug-likeness (QED) is 0.487. The van der Waals surface area contributed by atoms with E-state index in [0.717, 1.165) is 17.8 Å². The first kappa shape index (κ1) is 9.89. The first-order chi connectivity index (χ1) is 8.79. The summed E-state index contributed by atoms with van der Waals surface area (Å²) in [6, 6.07) is 13.1. The van der Waals surface area contributed by atoms with Crippen molar-refractivity contribution in [1.29, 1.82) is 0 Å². The molecular formula is C16H14N2. The molecule has 2 nitrogen and oxygen atoms in total. The van der Waals surface area contributed by atoms with E-state index in [2.05, 4.69) is 54.6 Å². The van der Waals surface area contributed by atoms with E-state index < -0.39 is 0 Å². The Bertz CT molecular complexity index is 871. The Morgan fingerprint density at radius 2 is 2.00 bits per heavy atom. The lowest BCUT2D eigenvalue weighted by molar-refractivity contribution is 0.961. The number of fused-ring (bicyclic) bond motifs is 3. The van der Waals surface area contributed by atoms with Gasteiger partial charge in [0.15, 0.2) is 0 Å². The van der Waals surface area contributed by atoms with Crippen molar-refractivity contribution in [1.82, 2.24) is 9.38 Å². The molecule has 0 aliphatic carbocycles. The Kier molecular flexibility index (Phi) is 1.77. The van der Waals surface area contributed by atoms with Crippen LogP contribution in [0.3, 0.4) is 0 Å². The zero-order valence-electron chi connectivity index (χ0n) is 10.6. The number of aryl methyl sites for hydroxylation is 2. The van der Waals surface area contributed by atoms with Gasteiger partial charge >= 0.3 is 0 Å². The minimum Gasteiger partial charge on any atom is -0.295 e. The van der Waals surface area contributed by atoms with Crippen LogP contribution in [0.15, 0.2) is 36.4 Å². The fourth-order valence-corrected chi connectivity index (χ4v) is 2.94. The van der Waals surface area contributed by atoms with Crippen LogP contribution in [0, 0.1) is 6.92 Å². The fraction of sp³-hybridized carbons (Fsp3) is 0.188. The SMILES string of the molecule is CCc1nc2cccc3c4ccc(C)cc4n1c23. The molecule has 0 amide bonds. The Morgan fingerprint density at radius 1 is 1.11 bits per heavy atom. The maximum absolute atomic E-state index is 4.73. The lowest BCUT2D eigenvalue weighted by Gasteiger charge is -1.98. The maximum atomic E-state index is 4.73. The summed E-state index contributed by atoms with van der Waals surface area (Å²) < 4.78 is 2.33. The molecule has 2 aromatic heterocycles. The summed E-state index contributed by atoms with van der Waals surface area (Å²) in [6.07, 6.45) is 0.960. The first-order valence-corrected chi connectivity index (χ1v) is 6.41. The van der Waals surface area contributed by atoms with Crippen LogP contribution in [0.5, 0.6) is 0 Å². The summed E-state index contributed by atoms with van der Waals surface area (Å²) in [5.41, 5.74) is 4.97. The van der Waals surface area contributed by atoms with Gasteiger partial charge in [0.2, 0.25) is 0 Å². The molecule has 0 bridgehead atoms. The van der Waals surface area contributed by atoms with E-state index in [1.807, 2.05) is 0 Å². The van der Waals surface area contributed by atoms with Crippen LogP contribution in [0.4, 0.5) is 0 Å². The molecule has 4 rings (SSSR count). The fourth-order valence-electron chi connectivity index (χ4n) is 2.94. The lowest BCUT2D eigenvalue weighted by Crippen LogP contribution is -1.90. The van der Waals surface area contributed by atoms with E-state index in [4.69, 9.17) is 4.98 Å². The number of imidazole rings is 1. The molecule has 0 N–H and O–H groups in total. The Balaban J connectivity index is 2.40. The summed E-state index contributed by atoms with van der Waals surface area (Å²) in [5, 5.41) is 2.65. The lowest BCUT2D eigenvalue weighted by atomic mass is 10.1. The second-order valence-corrected chi connectivity index (χ2v) is 4.91. The van der Waals surface area contributed by atoms with E-state index in [9.17, 15) is 0 Å². The van der Waals surface area contributed by atoms with Gasteiger partial charge in [-0.25, -0.2) is 4.98 Å². The van der Waals surface area contributed by atoms with Crippen LogP contribution < -0.4 is 0 Å². The molecule has 88 valence electrons. The van der Waals surface area contributed by atoms with Crippen LogP contribution in [0.25, 0.3) is 27.3 Å². The van der Waals surface area contributed by atoms with Gasteiger partial charge in [-0.1, -0.05) is 31.2 Å². The van der Waals surface area contributed by atoms with Gasteiger partial charge in [-0.15, -0.1) is 0 Å². The molecule has 0 saturated carbocycles. The van der Waals surface area contributed by atoms with Crippen LogP contribution >= 0.6 is 0 Å². The third-order valence-electron chi connectivity index (χ3n) is 3.75. The van der Waals surface area contributed by atoms with Crippen molar-refractivity contribution in [3.05, 3.63) is 47.8 Å². The normalized spacial score (nSPS) is 12.1. The van der Waals surface area contributed by atoms with Gasteiger partial charge in [0, 0.05) is 17.2 Å². The third-order valence-corrected chi connectivity index (χ3v) is 3.75. The van der Waals surface area contributed by atoms with Gasteiger partial charge in [0.25, 0.3) is 0 Å². The highest BCUT2D eigenvalue weighted by Crippen LogP contribution is 2.33. The monoisotopic (exact) mass is 234 g/mol. The molecule has 0 saturated heterocycles. The van der Waals surface area contributed by atoms with E-state index in [-0.39, 0.29) is 0 Å². The summed E-state index contributed by atoms with van der Waals surface area (Å²) in [6.45, 7) is 4.31. The molecule has 18 heavy (non-hydrogen) atoms. The first-order valence-electron chi connectivity index (χ1n) is 6.41. The maximum Gasteiger partial charge on any atom is 0.114 e. The number of nitrogens with zero attached hydrogens (tertiary/aromatic N) is 2. The Hall–Kier alpha value is -2.09. The van der Waals surface area contributed by atoms with Crippen molar-refractivity contribution in [2.24, 2.45) is 0 Å². The standard InChI is InChI=1S/C16H14N2/c1-3-15-17-13-6-4-5-12-11-8-7-10(2)9-14(11)18(15)16(12)13/h4-9H,3H2,1-2H3. The Morgan fingerprint density at radius 3 is 2.83 bits per heavy atom. The second kappa shape index (κ2) is 3.22. The van der Waals surface area contributed by atoms with E-state index in [0.29, 0.717) is 0 Å². The zero-order valence-corrected chi connectivity index (χ0v) is 10.6. The largest absolute Gasteiger partial charge is 0.295 e. The van der Waals surface area contributed by atoms with Crippen molar-refractivity contribution in [2.45, 2.75) is 20.3 Å². The number of hydrogen-bond acceptors (Lipinski definition) is 1. The van der Waals surface area contributed by atoms with Gasteiger partial charge in [-0.05, 0) is 24.6 Å². The van der Waals surface area contributed by atoms with Crippen molar-refractivity contribution < 1.29 is 0 Å². The van der Waals surface area contributed by atoms with Gasteiger partial charge in [-0.2, -0.15) is 0 Å². The smallest absolute Gasteiger partial charge is 0.114 e. The summed E-state index contributed by atoms with van der Waals surface area (Å²) in [5.74, 6) is 1.15. The van der Waals surface area contributed by atoms with Crippen LogP contribution in [-0.4, -0.2) is 9.38 Å². The highest BCUT2D eigenvalue weighted by Gasteiger charge is 2.15. The molecule has 2 heteroatoms. The molecule has 0 atom stereocenters. The van der Waals surface area contributed by atoms with Crippen molar-refractivity contribution >= 4 is 27.3 Å². The van der Waals surface area contributed by atoms with Crippen molar-refractivity contribution in [2.75, 3.05) is 0 Å². The molecular weight excluding hydrogens is 220 g/mol. The van der Waals surface area contributed by atoms with Crippen LogP contribution in [0.2, 0.25) is 0 Å². The van der Waals surface area contributed by atoms with Gasteiger partial charge in [-0.3, -0.25) is 4.40 Å². The molecule has 0 aliphatic heterocycles. The summed E-state index contributed by atoms with van der Waals surface area (Å²) >= 11 is 0. The van der Waals surface area contributed by atoms with Crippen LogP contribution in [0.1, 0.15) is 18.3 Å². The van der Waals surface area contributed by atoms with Gasteiger partial charge in [0.05, 0.1) is 16.6 Å². The van der Waals surface area contributed by atoms with E-state index in [1.165, 1.54) is 27.4 Å². The predicted octanol–water partition coefficient (Wildman–Crippen LogP) is 3.95. The van der Waals surface area contributed by atoms with Crippen molar-refractivity contribution in [3.63, 3.8) is 0 Å². The molecule has 0 spiro atoms. The third kappa shape index (κ3) is 1.05. The van der Waals surface area contributed by atoms with Gasteiger partial charge < -0.3 is 0 Å². The molecule has 0 radical (unpaired) electrons. The second-order valence-electron chi connectivity index (χ2n) is 4.91. The number of aromatic nitrogens is 2. The minimum atomic E-state index is 0.960. The highest BCUT2D eigenvalue weighted by atomic mass is 15.0. The van der Waals surface area contributed by atoms with E-state index >= 15 is 0 Å². The average Bonchev–Trinajstić information content (AvgIpc) is 2.91. The molecule has 2 heterocycles. The molecule has 0 fully saturated rings. The average molecular weight is 234 g/mol. The highest BCUT2D eigenvalue weighted by molar-refractivity contribution is 6.13. The van der Waals surface area contributed by atoms with Crippen LogP contribution in [-0.2, 0) is 6.42 Å². The summed E-state index contributed by atoms with van der Waals surface area (Å²) in [4.78, 5) is 4.73. The predicted molar refractivity (Wildman–Crippen MR) is 75.5 cm³/mol. The van der Waals surface area contributed by atoms with Crippen molar-refractivity contribution in [3.8, 4) is 0 Å². The number of para-hydroxylation sites is 1.